The highest BCUT2D eigenvalue weighted by Gasteiger charge is 2.19. The summed E-state index contributed by atoms with van der Waals surface area (Å²) in [6, 6.07) is 11.7. The van der Waals surface area contributed by atoms with E-state index in [-0.39, 0.29) is 5.78 Å². The van der Waals surface area contributed by atoms with Gasteiger partial charge in [0.1, 0.15) is 0 Å². The zero-order valence-electron chi connectivity index (χ0n) is 15.6. The van der Waals surface area contributed by atoms with Crippen molar-refractivity contribution in [2.75, 3.05) is 0 Å². The number of fused-ring (bicyclic) bond motifs is 1. The summed E-state index contributed by atoms with van der Waals surface area (Å²) in [5, 5.41) is 1.03. The molecule has 0 saturated carbocycles. The number of allylic oxidation sites excluding steroid dienone is 2. The SMILES string of the molecule is CC(C)=CCC[C@@H](C)CC(=O)c1cc2ccccc2n1-c1ncccn1. The molecule has 0 fully saturated rings. The van der Waals surface area contributed by atoms with Gasteiger partial charge in [0.2, 0.25) is 5.95 Å². The number of nitrogens with zero attached hydrogens (tertiary/aromatic N) is 3. The van der Waals surface area contributed by atoms with Crippen LogP contribution in [0.4, 0.5) is 0 Å². The average Bonchev–Trinajstić information content (AvgIpc) is 3.01. The Balaban J connectivity index is 1.89. The fourth-order valence-electron chi connectivity index (χ4n) is 3.16. The molecule has 0 spiro atoms. The predicted octanol–water partition coefficient (Wildman–Crippen LogP) is 5.38. The lowest BCUT2D eigenvalue weighted by Crippen LogP contribution is -2.12. The van der Waals surface area contributed by atoms with Crippen LogP contribution in [0.3, 0.4) is 0 Å². The molecule has 4 heteroatoms. The van der Waals surface area contributed by atoms with Crippen molar-refractivity contribution in [3.05, 3.63) is 66.1 Å². The third kappa shape index (κ3) is 4.07. The number of ketones is 1. The van der Waals surface area contributed by atoms with Gasteiger partial charge in [-0.25, -0.2) is 9.97 Å². The molecule has 0 aliphatic rings. The smallest absolute Gasteiger partial charge is 0.234 e. The summed E-state index contributed by atoms with van der Waals surface area (Å²) >= 11 is 0. The van der Waals surface area contributed by atoms with E-state index >= 15 is 0 Å². The third-order valence-corrected chi connectivity index (χ3v) is 4.49. The van der Waals surface area contributed by atoms with Crippen molar-refractivity contribution in [1.29, 1.82) is 0 Å². The first kappa shape index (κ1) is 18.1. The van der Waals surface area contributed by atoms with Crippen LogP contribution >= 0.6 is 0 Å². The van der Waals surface area contributed by atoms with Gasteiger partial charge in [-0.3, -0.25) is 9.36 Å². The summed E-state index contributed by atoms with van der Waals surface area (Å²) in [5.74, 6) is 1.01. The topological polar surface area (TPSA) is 47.8 Å². The lowest BCUT2D eigenvalue weighted by Gasteiger charge is -2.11. The Morgan fingerprint density at radius 3 is 2.62 bits per heavy atom. The molecule has 134 valence electrons. The maximum atomic E-state index is 13.0. The zero-order valence-corrected chi connectivity index (χ0v) is 15.6. The maximum absolute atomic E-state index is 13.0. The van der Waals surface area contributed by atoms with Crippen molar-refractivity contribution in [3.63, 3.8) is 0 Å². The molecule has 0 radical (unpaired) electrons. The lowest BCUT2D eigenvalue weighted by atomic mass is 9.97. The Kier molecular flexibility index (Phi) is 5.61. The minimum Gasteiger partial charge on any atom is -0.293 e. The number of hydrogen-bond donors (Lipinski definition) is 0. The van der Waals surface area contributed by atoms with E-state index in [1.165, 1.54) is 5.57 Å². The summed E-state index contributed by atoms with van der Waals surface area (Å²) < 4.78 is 1.88. The molecule has 3 rings (SSSR count). The molecule has 0 N–H and O–H groups in total. The Labute approximate surface area is 154 Å². The molecular weight excluding hydrogens is 322 g/mol. The number of benzene rings is 1. The molecule has 1 atom stereocenters. The van der Waals surface area contributed by atoms with Crippen LogP contribution in [0.2, 0.25) is 0 Å². The van der Waals surface area contributed by atoms with E-state index in [1.807, 2.05) is 34.9 Å². The molecule has 2 aromatic heterocycles. The fourth-order valence-corrected chi connectivity index (χ4v) is 3.16. The van der Waals surface area contributed by atoms with Crippen molar-refractivity contribution in [2.24, 2.45) is 5.92 Å². The number of carbonyl (C=O) groups is 1. The van der Waals surface area contributed by atoms with Gasteiger partial charge in [0, 0.05) is 24.2 Å². The van der Waals surface area contributed by atoms with Crippen molar-refractivity contribution < 1.29 is 4.79 Å². The Morgan fingerprint density at radius 2 is 1.88 bits per heavy atom. The summed E-state index contributed by atoms with van der Waals surface area (Å²) in [4.78, 5) is 21.7. The van der Waals surface area contributed by atoms with Crippen LogP contribution in [0.5, 0.6) is 0 Å². The maximum Gasteiger partial charge on any atom is 0.234 e. The molecule has 0 amide bonds. The minimum absolute atomic E-state index is 0.137. The van der Waals surface area contributed by atoms with Crippen molar-refractivity contribution in [2.45, 2.75) is 40.0 Å². The second kappa shape index (κ2) is 8.09. The van der Waals surface area contributed by atoms with Gasteiger partial charge in [0.05, 0.1) is 11.2 Å². The van der Waals surface area contributed by atoms with E-state index in [9.17, 15) is 4.79 Å². The molecule has 26 heavy (non-hydrogen) atoms. The Morgan fingerprint density at radius 1 is 1.15 bits per heavy atom. The van der Waals surface area contributed by atoms with E-state index in [1.54, 1.807) is 18.5 Å². The van der Waals surface area contributed by atoms with Gasteiger partial charge < -0.3 is 0 Å². The standard InChI is InChI=1S/C22H25N3O/c1-16(2)8-6-9-17(3)14-21(26)20-15-18-10-4-5-11-19(18)25(20)22-23-12-7-13-24-22/h4-5,7-8,10-13,15,17H,6,9,14H2,1-3H3/t17-/m1/s1. The molecule has 2 heterocycles. The van der Waals surface area contributed by atoms with Gasteiger partial charge >= 0.3 is 0 Å². The van der Waals surface area contributed by atoms with Gasteiger partial charge in [0.25, 0.3) is 0 Å². The van der Waals surface area contributed by atoms with Crippen LogP contribution in [0.15, 0.2) is 60.4 Å². The summed E-state index contributed by atoms with van der Waals surface area (Å²) in [6.45, 7) is 6.35. The van der Waals surface area contributed by atoms with Crippen molar-refractivity contribution >= 4 is 16.7 Å². The number of rotatable bonds is 7. The second-order valence-corrected chi connectivity index (χ2v) is 7.06. The number of carbonyl (C=O) groups excluding carboxylic acids is 1. The largest absolute Gasteiger partial charge is 0.293 e. The van der Waals surface area contributed by atoms with Gasteiger partial charge in [-0.05, 0) is 50.8 Å². The summed E-state index contributed by atoms with van der Waals surface area (Å²) in [6.07, 6.45) is 8.19. The number of para-hydroxylation sites is 1. The normalized spacial score (nSPS) is 12.1. The van der Waals surface area contributed by atoms with Crippen LogP contribution in [-0.4, -0.2) is 20.3 Å². The van der Waals surface area contributed by atoms with Crippen LogP contribution in [-0.2, 0) is 0 Å². The highest BCUT2D eigenvalue weighted by molar-refractivity contribution is 6.01. The predicted molar refractivity (Wildman–Crippen MR) is 106 cm³/mol. The minimum atomic E-state index is 0.137. The lowest BCUT2D eigenvalue weighted by molar-refractivity contribution is 0.0956. The van der Waals surface area contributed by atoms with E-state index in [4.69, 9.17) is 0 Å². The monoisotopic (exact) mass is 347 g/mol. The van der Waals surface area contributed by atoms with Crippen LogP contribution in [0.1, 0.15) is 50.5 Å². The fraction of sp³-hybridized carbons (Fsp3) is 0.318. The Hall–Kier alpha value is -2.75. The first-order valence-corrected chi connectivity index (χ1v) is 9.10. The van der Waals surface area contributed by atoms with E-state index in [2.05, 4.69) is 36.8 Å². The summed E-state index contributed by atoms with van der Waals surface area (Å²) in [7, 11) is 0. The number of Topliss-reactive ketones (excluding diaryl/α,β-unsaturated/α-hetero) is 1. The van der Waals surface area contributed by atoms with Gasteiger partial charge in [-0.15, -0.1) is 0 Å². The van der Waals surface area contributed by atoms with Gasteiger partial charge in [-0.2, -0.15) is 0 Å². The number of aromatic nitrogens is 3. The first-order valence-electron chi connectivity index (χ1n) is 9.10. The first-order chi connectivity index (χ1) is 12.6. The molecule has 3 aromatic rings. The molecule has 0 saturated heterocycles. The zero-order chi connectivity index (χ0) is 18.5. The molecule has 0 bridgehead atoms. The van der Waals surface area contributed by atoms with Crippen LogP contribution in [0, 0.1) is 5.92 Å². The van der Waals surface area contributed by atoms with Crippen LogP contribution in [0.25, 0.3) is 16.9 Å². The second-order valence-electron chi connectivity index (χ2n) is 7.06. The molecule has 0 aliphatic carbocycles. The molecule has 1 aromatic carbocycles. The molecule has 0 aliphatic heterocycles. The van der Waals surface area contributed by atoms with Gasteiger partial charge in [-0.1, -0.05) is 36.8 Å². The average molecular weight is 347 g/mol. The van der Waals surface area contributed by atoms with E-state index in [0.29, 0.717) is 24.0 Å². The third-order valence-electron chi connectivity index (χ3n) is 4.49. The van der Waals surface area contributed by atoms with E-state index < -0.39 is 0 Å². The van der Waals surface area contributed by atoms with Crippen molar-refractivity contribution in [1.82, 2.24) is 14.5 Å². The highest BCUT2D eigenvalue weighted by Crippen LogP contribution is 2.25. The molecule has 0 unspecified atom stereocenters. The highest BCUT2D eigenvalue weighted by atomic mass is 16.1. The Bertz CT molecular complexity index is 921. The van der Waals surface area contributed by atoms with Crippen LogP contribution < -0.4 is 0 Å². The summed E-state index contributed by atoms with van der Waals surface area (Å²) in [5.41, 5.74) is 2.94. The quantitative estimate of drug-likeness (QED) is 0.426. The van der Waals surface area contributed by atoms with Crippen molar-refractivity contribution in [3.8, 4) is 5.95 Å². The molecular formula is C22H25N3O. The molecule has 4 nitrogen and oxygen atoms in total. The van der Waals surface area contributed by atoms with E-state index in [0.717, 1.165) is 23.7 Å². The number of hydrogen-bond acceptors (Lipinski definition) is 3. The van der Waals surface area contributed by atoms with Gasteiger partial charge in [0.15, 0.2) is 5.78 Å².